The topological polar surface area (TPSA) is 30.5 Å². The summed E-state index contributed by atoms with van der Waals surface area (Å²) in [6, 6.07) is 8.48. The second-order valence-electron chi connectivity index (χ2n) is 4.94. The second kappa shape index (κ2) is 8.00. The zero-order valence-corrected chi connectivity index (χ0v) is 13.0. The first-order valence-electron chi connectivity index (χ1n) is 6.88. The number of halogens is 1. The van der Waals surface area contributed by atoms with E-state index in [1.807, 2.05) is 0 Å². The lowest BCUT2D eigenvalue weighted by Crippen LogP contribution is -2.33. The summed E-state index contributed by atoms with van der Waals surface area (Å²) in [6.07, 6.45) is 2.60. The molecule has 0 aliphatic carbocycles. The van der Waals surface area contributed by atoms with E-state index in [2.05, 4.69) is 45.5 Å². The molecule has 1 aliphatic rings. The Balaban J connectivity index is 1.93. The van der Waals surface area contributed by atoms with Crippen molar-refractivity contribution in [3.05, 3.63) is 34.3 Å². The van der Waals surface area contributed by atoms with Crippen LogP contribution in [-0.4, -0.2) is 33.4 Å². The van der Waals surface area contributed by atoms with Crippen LogP contribution in [0, 0.1) is 5.92 Å². The van der Waals surface area contributed by atoms with E-state index in [1.165, 1.54) is 12.0 Å². The molecule has 1 aromatic rings. The van der Waals surface area contributed by atoms with E-state index < -0.39 is 0 Å². The summed E-state index contributed by atoms with van der Waals surface area (Å²) in [5.74, 6) is 0.548. The van der Waals surface area contributed by atoms with Crippen LogP contribution in [0.4, 0.5) is 0 Å². The Kier molecular flexibility index (Phi) is 6.31. The van der Waals surface area contributed by atoms with Crippen molar-refractivity contribution in [1.82, 2.24) is 5.32 Å². The molecule has 0 saturated carbocycles. The van der Waals surface area contributed by atoms with Crippen LogP contribution >= 0.6 is 15.9 Å². The molecular weight excluding hydrogens is 306 g/mol. The van der Waals surface area contributed by atoms with E-state index in [1.54, 1.807) is 7.11 Å². The Morgan fingerprint density at radius 3 is 2.89 bits per heavy atom. The molecule has 4 heteroatoms. The molecule has 3 nitrogen and oxygen atoms in total. The highest BCUT2D eigenvalue weighted by Crippen LogP contribution is 2.33. The van der Waals surface area contributed by atoms with Crippen LogP contribution in [-0.2, 0) is 9.47 Å². The van der Waals surface area contributed by atoms with Gasteiger partial charge in [-0.05, 0) is 30.5 Å². The minimum absolute atomic E-state index is 0.219. The van der Waals surface area contributed by atoms with Crippen LogP contribution < -0.4 is 5.32 Å². The van der Waals surface area contributed by atoms with Crippen molar-refractivity contribution in [3.63, 3.8) is 0 Å². The first-order valence-corrected chi connectivity index (χ1v) is 7.67. The fourth-order valence-corrected chi connectivity index (χ4v) is 2.80. The molecule has 1 N–H and O–H groups in total. The second-order valence-corrected chi connectivity index (χ2v) is 5.86. The lowest BCUT2D eigenvalue weighted by molar-refractivity contribution is -0.0280. The number of benzene rings is 1. The standard InChI is InChI=1S/C15H22BrNO2/c1-18-10-8-17-11-13-3-2-9-19-15(13)12-4-6-14(16)7-5-12/h4-7,13,15,17H,2-3,8-11H2,1H3. The molecular formula is C15H22BrNO2. The number of hydrogen-bond acceptors (Lipinski definition) is 3. The molecule has 1 heterocycles. The molecule has 106 valence electrons. The van der Waals surface area contributed by atoms with Gasteiger partial charge >= 0.3 is 0 Å². The summed E-state index contributed by atoms with van der Waals surface area (Å²) in [5.41, 5.74) is 1.28. The molecule has 19 heavy (non-hydrogen) atoms. The molecule has 2 rings (SSSR count). The summed E-state index contributed by atoms with van der Waals surface area (Å²) >= 11 is 3.48. The van der Waals surface area contributed by atoms with E-state index in [0.717, 1.165) is 37.2 Å². The quantitative estimate of drug-likeness (QED) is 0.814. The van der Waals surface area contributed by atoms with Gasteiger partial charge in [-0.1, -0.05) is 28.1 Å². The zero-order valence-electron chi connectivity index (χ0n) is 11.4. The Hall–Kier alpha value is -0.420. The Labute approximate surface area is 123 Å². The van der Waals surface area contributed by atoms with Crippen LogP contribution in [0.2, 0.25) is 0 Å². The lowest BCUT2D eigenvalue weighted by atomic mass is 9.89. The smallest absolute Gasteiger partial charge is 0.0865 e. The molecule has 0 radical (unpaired) electrons. The maximum Gasteiger partial charge on any atom is 0.0865 e. The van der Waals surface area contributed by atoms with Crippen molar-refractivity contribution in [2.75, 3.05) is 33.4 Å². The van der Waals surface area contributed by atoms with Gasteiger partial charge in [0.15, 0.2) is 0 Å². The van der Waals surface area contributed by atoms with Crippen LogP contribution in [0.5, 0.6) is 0 Å². The van der Waals surface area contributed by atoms with E-state index in [0.29, 0.717) is 5.92 Å². The first kappa shape index (κ1) is 15.0. The SMILES string of the molecule is COCCNCC1CCCOC1c1ccc(Br)cc1. The number of nitrogens with one attached hydrogen (secondary N) is 1. The first-order chi connectivity index (χ1) is 9.31. The largest absolute Gasteiger partial charge is 0.383 e. The molecule has 1 aromatic carbocycles. The third kappa shape index (κ3) is 4.56. The number of rotatable bonds is 6. The minimum atomic E-state index is 0.219. The van der Waals surface area contributed by atoms with Gasteiger partial charge < -0.3 is 14.8 Å². The van der Waals surface area contributed by atoms with Crippen molar-refractivity contribution >= 4 is 15.9 Å². The number of hydrogen-bond donors (Lipinski definition) is 1. The van der Waals surface area contributed by atoms with Gasteiger partial charge in [-0.3, -0.25) is 0 Å². The molecule has 2 atom stereocenters. The van der Waals surface area contributed by atoms with Crippen LogP contribution in [0.25, 0.3) is 0 Å². The molecule has 1 saturated heterocycles. The number of ether oxygens (including phenoxy) is 2. The molecule has 0 spiro atoms. The van der Waals surface area contributed by atoms with Crippen LogP contribution in [0.15, 0.2) is 28.7 Å². The fourth-order valence-electron chi connectivity index (χ4n) is 2.53. The maximum absolute atomic E-state index is 5.99. The Morgan fingerprint density at radius 2 is 2.16 bits per heavy atom. The molecule has 1 aliphatic heterocycles. The van der Waals surface area contributed by atoms with E-state index in [9.17, 15) is 0 Å². The highest BCUT2D eigenvalue weighted by Gasteiger charge is 2.26. The highest BCUT2D eigenvalue weighted by atomic mass is 79.9. The van der Waals surface area contributed by atoms with Gasteiger partial charge in [0.25, 0.3) is 0 Å². The van der Waals surface area contributed by atoms with E-state index in [4.69, 9.17) is 9.47 Å². The van der Waals surface area contributed by atoms with E-state index >= 15 is 0 Å². The van der Waals surface area contributed by atoms with Gasteiger partial charge in [-0.25, -0.2) is 0 Å². The van der Waals surface area contributed by atoms with Crippen molar-refractivity contribution in [2.45, 2.75) is 18.9 Å². The molecule has 0 bridgehead atoms. The van der Waals surface area contributed by atoms with Crippen molar-refractivity contribution in [3.8, 4) is 0 Å². The van der Waals surface area contributed by atoms with Gasteiger partial charge in [0.05, 0.1) is 12.7 Å². The average Bonchev–Trinajstić information content (AvgIpc) is 2.45. The average molecular weight is 328 g/mol. The summed E-state index contributed by atoms with van der Waals surface area (Å²) < 4.78 is 12.2. The predicted molar refractivity (Wildman–Crippen MR) is 80.3 cm³/mol. The number of methoxy groups -OCH3 is 1. The van der Waals surface area contributed by atoms with Crippen LogP contribution in [0.3, 0.4) is 0 Å². The van der Waals surface area contributed by atoms with Gasteiger partial charge in [0, 0.05) is 37.2 Å². The fraction of sp³-hybridized carbons (Fsp3) is 0.600. The maximum atomic E-state index is 5.99. The van der Waals surface area contributed by atoms with Crippen molar-refractivity contribution < 1.29 is 9.47 Å². The molecule has 2 unspecified atom stereocenters. The van der Waals surface area contributed by atoms with Gasteiger partial charge in [-0.2, -0.15) is 0 Å². The Bertz CT molecular complexity index is 369. The monoisotopic (exact) mass is 327 g/mol. The lowest BCUT2D eigenvalue weighted by Gasteiger charge is -2.32. The highest BCUT2D eigenvalue weighted by molar-refractivity contribution is 9.10. The summed E-state index contributed by atoms with van der Waals surface area (Å²) in [5, 5.41) is 3.45. The van der Waals surface area contributed by atoms with Crippen LogP contribution in [0.1, 0.15) is 24.5 Å². The molecule has 0 amide bonds. The van der Waals surface area contributed by atoms with Gasteiger partial charge in [0.2, 0.25) is 0 Å². The molecule has 1 fully saturated rings. The summed E-state index contributed by atoms with van der Waals surface area (Å²) in [4.78, 5) is 0. The predicted octanol–water partition coefficient (Wildman–Crippen LogP) is 3.15. The summed E-state index contributed by atoms with van der Waals surface area (Å²) in [6.45, 7) is 3.52. The Morgan fingerprint density at radius 1 is 1.37 bits per heavy atom. The van der Waals surface area contributed by atoms with Crippen molar-refractivity contribution in [2.24, 2.45) is 5.92 Å². The normalized spacial score (nSPS) is 23.5. The van der Waals surface area contributed by atoms with Gasteiger partial charge in [0.1, 0.15) is 0 Å². The minimum Gasteiger partial charge on any atom is -0.383 e. The summed E-state index contributed by atoms with van der Waals surface area (Å²) in [7, 11) is 1.73. The molecule has 0 aromatic heterocycles. The third-order valence-corrected chi connectivity index (χ3v) is 4.06. The van der Waals surface area contributed by atoms with E-state index in [-0.39, 0.29) is 6.10 Å². The van der Waals surface area contributed by atoms with Gasteiger partial charge in [-0.15, -0.1) is 0 Å². The van der Waals surface area contributed by atoms with Crippen molar-refractivity contribution in [1.29, 1.82) is 0 Å². The third-order valence-electron chi connectivity index (χ3n) is 3.53. The zero-order chi connectivity index (χ0) is 13.5.